The topological polar surface area (TPSA) is 43.1 Å². The Morgan fingerprint density at radius 3 is 2.81 bits per heavy atom. The Kier molecular flexibility index (Phi) is 2.82. The fraction of sp³-hybridized carbons (Fsp3) is 0.0588. The minimum Gasteiger partial charge on any atom is -0.440 e. The lowest BCUT2D eigenvalue weighted by Crippen LogP contribution is -2.02. The Labute approximate surface area is 124 Å². The zero-order chi connectivity index (χ0) is 14.2. The molecular formula is C17H11NO2S. The second-order valence-corrected chi connectivity index (χ2v) is 5.73. The summed E-state index contributed by atoms with van der Waals surface area (Å²) >= 11 is 1.59. The van der Waals surface area contributed by atoms with Gasteiger partial charge in [-0.1, -0.05) is 30.3 Å². The maximum atomic E-state index is 12.5. The van der Waals surface area contributed by atoms with Gasteiger partial charge < -0.3 is 4.42 Å². The molecule has 102 valence electrons. The number of aromatic nitrogens is 1. The van der Waals surface area contributed by atoms with Crippen LogP contribution in [0.1, 0.15) is 16.2 Å². The van der Waals surface area contributed by atoms with Crippen molar-refractivity contribution in [1.82, 2.24) is 4.98 Å². The highest BCUT2D eigenvalue weighted by Crippen LogP contribution is 2.27. The Hall–Kier alpha value is -2.46. The lowest BCUT2D eigenvalue weighted by atomic mass is 10.1. The van der Waals surface area contributed by atoms with Crippen molar-refractivity contribution in [3.05, 3.63) is 65.4 Å². The predicted octanol–water partition coefficient (Wildman–Crippen LogP) is 4.47. The van der Waals surface area contributed by atoms with Gasteiger partial charge in [0.2, 0.25) is 5.89 Å². The molecule has 0 spiro atoms. The van der Waals surface area contributed by atoms with Crippen LogP contribution in [0.3, 0.4) is 0 Å². The second kappa shape index (κ2) is 4.82. The first-order valence-corrected chi connectivity index (χ1v) is 7.53. The zero-order valence-corrected chi connectivity index (χ0v) is 11.9. The summed E-state index contributed by atoms with van der Waals surface area (Å²) in [5.41, 5.74) is 2.25. The molecule has 0 aliphatic heterocycles. The molecule has 0 fully saturated rings. The molecule has 4 rings (SSSR count). The number of carbonyl (C=O) groups excluding carboxylic acids is 1. The molecule has 0 atom stereocenters. The molecule has 0 radical (unpaired) electrons. The average Bonchev–Trinajstić information content (AvgIpc) is 3.10. The van der Waals surface area contributed by atoms with Crippen LogP contribution in [-0.2, 0) is 6.42 Å². The molecule has 2 aromatic carbocycles. The number of thiophene rings is 1. The number of carbonyl (C=O) groups is 1. The standard InChI is InChI=1S/C17H11NO2S/c19-14(12-10-21-16-8-4-1-5-11(12)16)9-17-18-13-6-2-3-7-15(13)20-17/h1-8,10H,9H2. The van der Waals surface area contributed by atoms with Gasteiger partial charge in [0.15, 0.2) is 11.4 Å². The molecule has 0 N–H and O–H groups in total. The van der Waals surface area contributed by atoms with Crippen molar-refractivity contribution in [2.45, 2.75) is 6.42 Å². The van der Waals surface area contributed by atoms with E-state index in [0.717, 1.165) is 26.7 Å². The van der Waals surface area contributed by atoms with Crippen molar-refractivity contribution in [2.75, 3.05) is 0 Å². The summed E-state index contributed by atoms with van der Waals surface area (Å²) in [5.74, 6) is 0.510. The molecule has 2 heterocycles. The number of nitrogens with zero attached hydrogens (tertiary/aromatic N) is 1. The molecule has 0 bridgehead atoms. The van der Waals surface area contributed by atoms with Gasteiger partial charge in [0, 0.05) is 21.0 Å². The Bertz CT molecular complexity index is 918. The van der Waals surface area contributed by atoms with Crippen LogP contribution in [0.2, 0.25) is 0 Å². The number of ketones is 1. The zero-order valence-electron chi connectivity index (χ0n) is 11.1. The molecule has 0 saturated carbocycles. The highest BCUT2D eigenvalue weighted by atomic mass is 32.1. The smallest absolute Gasteiger partial charge is 0.203 e. The highest BCUT2D eigenvalue weighted by Gasteiger charge is 2.15. The summed E-state index contributed by atoms with van der Waals surface area (Å²) in [6, 6.07) is 15.5. The maximum Gasteiger partial charge on any atom is 0.203 e. The number of fused-ring (bicyclic) bond motifs is 2. The summed E-state index contributed by atoms with van der Waals surface area (Å²) in [6.07, 6.45) is 0.190. The van der Waals surface area contributed by atoms with Crippen molar-refractivity contribution in [3.8, 4) is 0 Å². The summed E-state index contributed by atoms with van der Waals surface area (Å²) in [6.45, 7) is 0. The first kappa shape index (κ1) is 12.3. The van der Waals surface area contributed by atoms with Crippen LogP contribution >= 0.6 is 11.3 Å². The summed E-state index contributed by atoms with van der Waals surface area (Å²) in [7, 11) is 0. The van der Waals surface area contributed by atoms with Crippen LogP contribution in [0, 0.1) is 0 Å². The molecule has 4 aromatic rings. The van der Waals surface area contributed by atoms with Crippen LogP contribution in [0.5, 0.6) is 0 Å². The van der Waals surface area contributed by atoms with E-state index in [2.05, 4.69) is 4.98 Å². The summed E-state index contributed by atoms with van der Waals surface area (Å²) < 4.78 is 6.74. The van der Waals surface area contributed by atoms with Gasteiger partial charge in [-0.25, -0.2) is 4.98 Å². The van der Waals surface area contributed by atoms with E-state index in [0.29, 0.717) is 5.89 Å². The first-order valence-electron chi connectivity index (χ1n) is 6.65. The third kappa shape index (κ3) is 2.14. The van der Waals surface area contributed by atoms with Gasteiger partial charge in [0.1, 0.15) is 5.52 Å². The highest BCUT2D eigenvalue weighted by molar-refractivity contribution is 7.17. The fourth-order valence-electron chi connectivity index (χ4n) is 2.42. The molecule has 0 amide bonds. The third-order valence-electron chi connectivity index (χ3n) is 3.43. The largest absolute Gasteiger partial charge is 0.440 e. The lowest BCUT2D eigenvalue weighted by molar-refractivity contribution is 0.0988. The van der Waals surface area contributed by atoms with Gasteiger partial charge in [-0.3, -0.25) is 4.79 Å². The fourth-order valence-corrected chi connectivity index (χ4v) is 3.39. The number of Topliss-reactive ketones (excluding diaryl/α,β-unsaturated/α-hetero) is 1. The molecule has 0 unspecified atom stereocenters. The van der Waals surface area contributed by atoms with Crippen molar-refractivity contribution in [3.63, 3.8) is 0 Å². The van der Waals surface area contributed by atoms with E-state index in [9.17, 15) is 4.79 Å². The Morgan fingerprint density at radius 2 is 1.90 bits per heavy atom. The molecule has 4 heteroatoms. The average molecular weight is 293 g/mol. The van der Waals surface area contributed by atoms with Gasteiger partial charge >= 0.3 is 0 Å². The van der Waals surface area contributed by atoms with Gasteiger partial charge in [-0.2, -0.15) is 0 Å². The molecule has 0 aliphatic carbocycles. The van der Waals surface area contributed by atoms with E-state index < -0.39 is 0 Å². The van der Waals surface area contributed by atoms with Crippen molar-refractivity contribution in [2.24, 2.45) is 0 Å². The monoisotopic (exact) mass is 293 g/mol. The van der Waals surface area contributed by atoms with Crippen LogP contribution in [-0.4, -0.2) is 10.8 Å². The molecule has 0 saturated heterocycles. The van der Waals surface area contributed by atoms with Crippen molar-refractivity contribution in [1.29, 1.82) is 0 Å². The van der Waals surface area contributed by atoms with Gasteiger partial charge in [0.05, 0.1) is 6.42 Å². The third-order valence-corrected chi connectivity index (χ3v) is 4.39. The number of para-hydroxylation sites is 2. The maximum absolute atomic E-state index is 12.5. The Morgan fingerprint density at radius 1 is 1.10 bits per heavy atom. The second-order valence-electron chi connectivity index (χ2n) is 4.82. The predicted molar refractivity (Wildman–Crippen MR) is 83.9 cm³/mol. The molecule has 0 aliphatic rings. The number of hydrogen-bond donors (Lipinski definition) is 0. The van der Waals surface area contributed by atoms with Crippen LogP contribution in [0.25, 0.3) is 21.2 Å². The number of rotatable bonds is 3. The normalized spacial score (nSPS) is 11.2. The van der Waals surface area contributed by atoms with Crippen molar-refractivity contribution >= 4 is 38.3 Å². The van der Waals surface area contributed by atoms with Gasteiger partial charge in [-0.05, 0) is 18.2 Å². The Balaban J connectivity index is 1.69. The van der Waals surface area contributed by atoms with E-state index >= 15 is 0 Å². The minimum absolute atomic E-state index is 0.0407. The lowest BCUT2D eigenvalue weighted by Gasteiger charge is -1.96. The SMILES string of the molecule is O=C(Cc1nc2ccccc2o1)c1csc2ccccc12. The minimum atomic E-state index is 0.0407. The number of hydrogen-bond acceptors (Lipinski definition) is 4. The van der Waals surface area contributed by atoms with E-state index in [4.69, 9.17) is 4.42 Å². The first-order chi connectivity index (χ1) is 10.3. The van der Waals surface area contributed by atoms with Gasteiger partial charge in [0.25, 0.3) is 0 Å². The van der Waals surface area contributed by atoms with E-state index in [1.165, 1.54) is 0 Å². The van der Waals surface area contributed by atoms with Crippen LogP contribution in [0.15, 0.2) is 58.3 Å². The number of oxazole rings is 1. The van der Waals surface area contributed by atoms with E-state index in [1.54, 1.807) is 11.3 Å². The molecule has 2 aromatic heterocycles. The molecule has 21 heavy (non-hydrogen) atoms. The van der Waals surface area contributed by atoms with Crippen molar-refractivity contribution < 1.29 is 9.21 Å². The summed E-state index contributed by atoms with van der Waals surface area (Å²) in [5, 5.41) is 2.92. The molecular weight excluding hydrogens is 282 g/mol. The summed E-state index contributed by atoms with van der Waals surface area (Å²) in [4.78, 5) is 16.8. The van der Waals surface area contributed by atoms with Gasteiger partial charge in [-0.15, -0.1) is 11.3 Å². The molecule has 3 nitrogen and oxygen atoms in total. The quantitative estimate of drug-likeness (QED) is 0.523. The van der Waals surface area contributed by atoms with Crippen LogP contribution < -0.4 is 0 Å². The van der Waals surface area contributed by atoms with E-state index in [-0.39, 0.29) is 12.2 Å². The number of benzene rings is 2. The van der Waals surface area contributed by atoms with Crippen LogP contribution in [0.4, 0.5) is 0 Å². The van der Waals surface area contributed by atoms with E-state index in [1.807, 2.05) is 53.9 Å².